The second kappa shape index (κ2) is 6.40. The van der Waals surface area contributed by atoms with Gasteiger partial charge in [0, 0.05) is 4.88 Å². The summed E-state index contributed by atoms with van der Waals surface area (Å²) in [5.41, 5.74) is 2.53. The molecule has 0 radical (unpaired) electrons. The van der Waals surface area contributed by atoms with Crippen LogP contribution in [0, 0.1) is 0 Å². The topological polar surface area (TPSA) is 29.1 Å². The summed E-state index contributed by atoms with van der Waals surface area (Å²) in [7, 11) is 0. The highest BCUT2D eigenvalue weighted by Crippen LogP contribution is 2.30. The Morgan fingerprint density at radius 2 is 1.83 bits per heavy atom. The number of rotatable bonds is 3. The van der Waals surface area contributed by atoms with Gasteiger partial charge in [0.1, 0.15) is 0 Å². The highest BCUT2D eigenvalue weighted by molar-refractivity contribution is 7.14. The summed E-state index contributed by atoms with van der Waals surface area (Å²) >= 11 is 1.67. The Morgan fingerprint density at radius 1 is 1.04 bits per heavy atom. The van der Waals surface area contributed by atoms with Gasteiger partial charge in [-0.25, -0.2) is 0 Å². The minimum absolute atomic E-state index is 0.00114. The third kappa shape index (κ3) is 2.96. The van der Waals surface area contributed by atoms with Crippen LogP contribution < -0.4 is 5.32 Å². The molecule has 1 aliphatic carbocycles. The maximum atomic E-state index is 12.6. The fourth-order valence-electron chi connectivity index (χ4n) is 3.43. The van der Waals surface area contributed by atoms with Crippen LogP contribution in [0.2, 0.25) is 0 Å². The van der Waals surface area contributed by atoms with Crippen molar-refractivity contribution in [3.05, 3.63) is 69.4 Å². The number of nitrogens with one attached hydrogen (secondary N) is 1. The van der Waals surface area contributed by atoms with Gasteiger partial charge in [0.25, 0.3) is 5.91 Å². The summed E-state index contributed by atoms with van der Waals surface area (Å²) in [5, 5.41) is 5.60. The molecule has 0 spiro atoms. The Bertz CT molecular complexity index is 872. The van der Waals surface area contributed by atoms with Crippen LogP contribution in [-0.4, -0.2) is 5.91 Å². The number of amides is 1. The second-order valence-corrected chi connectivity index (χ2v) is 7.70. The van der Waals surface area contributed by atoms with Gasteiger partial charge in [0.2, 0.25) is 0 Å². The number of carbonyl (C=O) groups excluding carboxylic acids is 1. The van der Waals surface area contributed by atoms with E-state index < -0.39 is 0 Å². The molecule has 122 valence electrons. The van der Waals surface area contributed by atoms with Gasteiger partial charge in [-0.1, -0.05) is 36.4 Å². The minimum Gasteiger partial charge on any atom is -0.345 e. The van der Waals surface area contributed by atoms with Crippen LogP contribution >= 0.6 is 11.3 Å². The number of fused-ring (bicyclic) bond motifs is 2. The van der Waals surface area contributed by atoms with Crippen molar-refractivity contribution in [3.8, 4) is 0 Å². The van der Waals surface area contributed by atoms with Crippen LogP contribution in [0.25, 0.3) is 10.8 Å². The van der Waals surface area contributed by atoms with E-state index in [4.69, 9.17) is 0 Å². The number of thiophene rings is 1. The van der Waals surface area contributed by atoms with E-state index in [1.54, 1.807) is 11.3 Å². The Hall–Kier alpha value is -2.13. The number of hydrogen-bond acceptors (Lipinski definition) is 2. The van der Waals surface area contributed by atoms with Crippen molar-refractivity contribution in [2.24, 2.45) is 0 Å². The first-order valence-electron chi connectivity index (χ1n) is 8.62. The Labute approximate surface area is 146 Å². The summed E-state index contributed by atoms with van der Waals surface area (Å²) in [6.45, 7) is 2.05. The van der Waals surface area contributed by atoms with Crippen LogP contribution in [0.4, 0.5) is 0 Å². The monoisotopic (exact) mass is 335 g/mol. The SMILES string of the molecule is C[C@@H](NC(=O)c1cc2c(s1)CCCC2)c1ccc2ccccc2c1. The van der Waals surface area contributed by atoms with Crippen LogP contribution in [0.1, 0.15) is 51.5 Å². The van der Waals surface area contributed by atoms with Gasteiger partial charge in [-0.2, -0.15) is 0 Å². The molecule has 24 heavy (non-hydrogen) atoms. The molecule has 0 saturated heterocycles. The van der Waals surface area contributed by atoms with E-state index in [2.05, 4.69) is 48.6 Å². The lowest BCUT2D eigenvalue weighted by atomic mass is 9.99. The van der Waals surface area contributed by atoms with Crippen molar-refractivity contribution in [1.29, 1.82) is 0 Å². The first kappa shape index (κ1) is 15.4. The van der Waals surface area contributed by atoms with Crippen LogP contribution in [-0.2, 0) is 12.8 Å². The molecule has 2 aromatic carbocycles. The Balaban J connectivity index is 1.52. The lowest BCUT2D eigenvalue weighted by Crippen LogP contribution is -2.25. The highest BCUT2D eigenvalue weighted by atomic mass is 32.1. The number of carbonyl (C=O) groups is 1. The van der Waals surface area contributed by atoms with Crippen molar-refractivity contribution in [1.82, 2.24) is 5.32 Å². The standard InChI is InChI=1S/C21H21NOS/c1-14(16-11-10-15-6-2-3-7-17(15)12-16)22-21(23)20-13-18-8-4-5-9-19(18)24-20/h2-3,6-7,10-14H,4-5,8-9H2,1H3,(H,22,23)/t14-/m1/s1. The lowest BCUT2D eigenvalue weighted by molar-refractivity contribution is 0.0944. The highest BCUT2D eigenvalue weighted by Gasteiger charge is 2.18. The fraction of sp³-hybridized carbons (Fsp3) is 0.286. The van der Waals surface area contributed by atoms with Crippen molar-refractivity contribution < 1.29 is 4.79 Å². The van der Waals surface area contributed by atoms with Gasteiger partial charge in [-0.3, -0.25) is 4.79 Å². The van der Waals surface area contributed by atoms with Crippen LogP contribution in [0.3, 0.4) is 0 Å². The molecule has 1 atom stereocenters. The molecule has 1 aliphatic rings. The molecule has 1 amide bonds. The van der Waals surface area contributed by atoms with Gasteiger partial charge >= 0.3 is 0 Å². The van der Waals surface area contributed by atoms with E-state index in [0.717, 1.165) is 23.3 Å². The molecule has 0 fully saturated rings. The zero-order valence-corrected chi connectivity index (χ0v) is 14.7. The smallest absolute Gasteiger partial charge is 0.261 e. The average Bonchev–Trinajstić information content (AvgIpc) is 3.05. The molecule has 0 unspecified atom stereocenters. The van der Waals surface area contributed by atoms with Gasteiger partial charge in [-0.05, 0) is 66.6 Å². The summed E-state index contributed by atoms with van der Waals surface area (Å²) < 4.78 is 0. The third-order valence-electron chi connectivity index (χ3n) is 4.84. The first-order chi connectivity index (χ1) is 11.7. The predicted molar refractivity (Wildman–Crippen MR) is 101 cm³/mol. The number of aryl methyl sites for hydroxylation is 2. The van der Waals surface area contributed by atoms with Gasteiger partial charge in [0.15, 0.2) is 0 Å². The molecular formula is C21H21NOS. The lowest BCUT2D eigenvalue weighted by Gasteiger charge is -2.14. The van der Waals surface area contributed by atoms with Crippen LogP contribution in [0.15, 0.2) is 48.5 Å². The van der Waals surface area contributed by atoms with Gasteiger partial charge in [-0.15, -0.1) is 11.3 Å². The molecule has 4 rings (SSSR count). The minimum atomic E-state index is 0.00114. The van der Waals surface area contributed by atoms with E-state index >= 15 is 0 Å². The quantitative estimate of drug-likeness (QED) is 0.694. The maximum Gasteiger partial charge on any atom is 0.261 e. The Kier molecular flexibility index (Phi) is 4.11. The molecule has 1 heterocycles. The van der Waals surface area contributed by atoms with E-state index in [1.165, 1.54) is 34.1 Å². The van der Waals surface area contributed by atoms with Crippen molar-refractivity contribution in [2.45, 2.75) is 38.6 Å². The molecule has 2 nitrogen and oxygen atoms in total. The van der Waals surface area contributed by atoms with E-state index in [0.29, 0.717) is 0 Å². The molecule has 0 bridgehead atoms. The van der Waals surface area contributed by atoms with Crippen molar-refractivity contribution in [2.75, 3.05) is 0 Å². The van der Waals surface area contributed by atoms with E-state index in [9.17, 15) is 4.79 Å². The largest absolute Gasteiger partial charge is 0.345 e. The third-order valence-corrected chi connectivity index (χ3v) is 6.08. The molecule has 1 N–H and O–H groups in total. The van der Waals surface area contributed by atoms with Gasteiger partial charge < -0.3 is 5.32 Å². The van der Waals surface area contributed by atoms with Crippen LogP contribution in [0.5, 0.6) is 0 Å². The maximum absolute atomic E-state index is 12.6. The Morgan fingerprint density at radius 3 is 2.67 bits per heavy atom. The average molecular weight is 335 g/mol. The molecule has 0 saturated carbocycles. The fourth-order valence-corrected chi connectivity index (χ4v) is 4.59. The zero-order chi connectivity index (χ0) is 16.5. The molecular weight excluding hydrogens is 314 g/mol. The second-order valence-electron chi connectivity index (χ2n) is 6.57. The summed E-state index contributed by atoms with van der Waals surface area (Å²) in [4.78, 5) is 14.9. The molecule has 0 aliphatic heterocycles. The summed E-state index contributed by atoms with van der Waals surface area (Å²) in [5.74, 6) is 0.0510. The predicted octanol–water partition coefficient (Wildman–Crippen LogP) is 5.27. The van der Waals surface area contributed by atoms with E-state index in [-0.39, 0.29) is 11.9 Å². The summed E-state index contributed by atoms with van der Waals surface area (Å²) in [6, 6.07) is 16.8. The van der Waals surface area contributed by atoms with E-state index in [1.807, 2.05) is 12.1 Å². The van der Waals surface area contributed by atoms with Crippen molar-refractivity contribution in [3.63, 3.8) is 0 Å². The van der Waals surface area contributed by atoms with Crippen molar-refractivity contribution >= 4 is 28.0 Å². The molecule has 3 heteroatoms. The molecule has 1 aromatic heterocycles. The summed E-state index contributed by atoms with van der Waals surface area (Å²) in [6.07, 6.45) is 4.76. The molecule has 3 aromatic rings. The number of benzene rings is 2. The normalized spacial score (nSPS) is 15.0. The van der Waals surface area contributed by atoms with Gasteiger partial charge in [0.05, 0.1) is 10.9 Å². The number of hydrogen-bond donors (Lipinski definition) is 1. The zero-order valence-electron chi connectivity index (χ0n) is 13.8. The first-order valence-corrected chi connectivity index (χ1v) is 9.43.